The van der Waals surface area contributed by atoms with Gasteiger partial charge in [0.05, 0.1) is 28.0 Å². The Labute approximate surface area is 165 Å². The zero-order valence-corrected chi connectivity index (χ0v) is 16.4. The number of ketones is 2. The maximum Gasteiger partial charge on any atom is 0.195 e. The van der Waals surface area contributed by atoms with Crippen molar-refractivity contribution in [2.45, 2.75) is 10.7 Å². The molecule has 1 aromatic heterocycles. The van der Waals surface area contributed by atoms with Crippen LogP contribution < -0.4 is 0 Å². The number of rotatable bonds is 2. The summed E-state index contributed by atoms with van der Waals surface area (Å²) >= 11 is 6.75. The summed E-state index contributed by atoms with van der Waals surface area (Å²) in [5.74, 6) is -0.610. The first kappa shape index (κ1) is 17.0. The second-order valence-electron chi connectivity index (χ2n) is 5.74. The number of nitrogens with zero attached hydrogens (tertiary/aromatic N) is 3. The SMILES string of the molecule is N#Cc1c2c(cc3nc(CBr)c(CBr)nc13)C(=O)c1ccccc1C2=O. The molecule has 0 unspecified atom stereocenters. The van der Waals surface area contributed by atoms with E-state index in [1.807, 2.05) is 0 Å². The Balaban J connectivity index is 2.12. The van der Waals surface area contributed by atoms with E-state index in [4.69, 9.17) is 0 Å². The van der Waals surface area contributed by atoms with E-state index in [1.54, 1.807) is 30.3 Å². The van der Waals surface area contributed by atoms with Gasteiger partial charge in [0.2, 0.25) is 0 Å². The Morgan fingerprint density at radius 3 is 2.15 bits per heavy atom. The van der Waals surface area contributed by atoms with Gasteiger partial charge in [-0.1, -0.05) is 56.1 Å². The van der Waals surface area contributed by atoms with Crippen LogP contribution in [0.2, 0.25) is 0 Å². The molecule has 0 N–H and O–H groups in total. The quantitative estimate of drug-likeness (QED) is 0.412. The first-order chi connectivity index (χ1) is 12.6. The molecule has 2 aromatic carbocycles. The number of carbonyl (C=O) groups excluding carboxylic acids is 2. The van der Waals surface area contributed by atoms with Crippen LogP contribution in [0.3, 0.4) is 0 Å². The highest BCUT2D eigenvalue weighted by atomic mass is 79.9. The fourth-order valence-electron chi connectivity index (χ4n) is 3.16. The third-order valence-electron chi connectivity index (χ3n) is 4.37. The average Bonchev–Trinajstić information content (AvgIpc) is 2.69. The van der Waals surface area contributed by atoms with Crippen molar-refractivity contribution in [2.75, 3.05) is 0 Å². The standard InChI is InChI=1S/C19H9Br2N3O2/c20-6-14-15(7-21)24-17-12(8-22)16-11(5-13(17)23-14)18(25)9-3-1-2-4-10(9)19(16)26/h1-5H,6-7H2. The normalized spacial score (nSPS) is 12.7. The molecule has 0 spiro atoms. The van der Waals surface area contributed by atoms with Crippen molar-refractivity contribution in [1.82, 2.24) is 9.97 Å². The van der Waals surface area contributed by atoms with Crippen LogP contribution in [0.15, 0.2) is 30.3 Å². The van der Waals surface area contributed by atoms with Crippen LogP contribution in [0.5, 0.6) is 0 Å². The van der Waals surface area contributed by atoms with Gasteiger partial charge in [-0.3, -0.25) is 9.59 Å². The van der Waals surface area contributed by atoms with Gasteiger partial charge in [-0.25, -0.2) is 9.97 Å². The van der Waals surface area contributed by atoms with Crippen molar-refractivity contribution < 1.29 is 9.59 Å². The predicted molar refractivity (Wildman–Crippen MR) is 103 cm³/mol. The summed E-state index contributed by atoms with van der Waals surface area (Å²) in [6, 6.07) is 10.3. The third-order valence-corrected chi connectivity index (χ3v) is 5.43. The minimum Gasteiger partial charge on any atom is -0.289 e. The molecule has 0 radical (unpaired) electrons. The molecule has 0 fully saturated rings. The molecule has 0 atom stereocenters. The van der Waals surface area contributed by atoms with Gasteiger partial charge in [0, 0.05) is 27.4 Å². The van der Waals surface area contributed by atoms with Crippen LogP contribution in [0, 0.1) is 11.3 Å². The van der Waals surface area contributed by atoms with Crippen molar-refractivity contribution in [3.63, 3.8) is 0 Å². The molecule has 0 saturated carbocycles. The van der Waals surface area contributed by atoms with E-state index >= 15 is 0 Å². The van der Waals surface area contributed by atoms with Gasteiger partial charge in [0.25, 0.3) is 0 Å². The molecule has 5 nitrogen and oxygen atoms in total. The monoisotopic (exact) mass is 469 g/mol. The van der Waals surface area contributed by atoms with Crippen LogP contribution in [0.25, 0.3) is 11.0 Å². The highest BCUT2D eigenvalue weighted by molar-refractivity contribution is 9.09. The van der Waals surface area contributed by atoms with E-state index in [-0.39, 0.29) is 28.3 Å². The third kappa shape index (κ3) is 2.33. The lowest BCUT2D eigenvalue weighted by molar-refractivity contribution is 0.0979. The predicted octanol–water partition coefficient (Wildman–Crippen LogP) is 4.07. The lowest BCUT2D eigenvalue weighted by Crippen LogP contribution is -2.22. The fraction of sp³-hybridized carbons (Fsp3) is 0.105. The van der Waals surface area contributed by atoms with E-state index in [0.717, 1.165) is 0 Å². The molecule has 0 saturated heterocycles. The molecule has 1 aliphatic carbocycles. The largest absolute Gasteiger partial charge is 0.289 e. The van der Waals surface area contributed by atoms with E-state index in [0.29, 0.717) is 44.2 Å². The smallest absolute Gasteiger partial charge is 0.195 e. The van der Waals surface area contributed by atoms with E-state index < -0.39 is 0 Å². The van der Waals surface area contributed by atoms with Gasteiger partial charge in [-0.15, -0.1) is 0 Å². The Morgan fingerprint density at radius 2 is 1.54 bits per heavy atom. The number of nitriles is 1. The van der Waals surface area contributed by atoms with Crippen molar-refractivity contribution in [3.8, 4) is 6.07 Å². The molecule has 1 heterocycles. The highest BCUT2D eigenvalue weighted by Gasteiger charge is 2.33. The minimum absolute atomic E-state index is 0.0983. The Bertz CT molecular complexity index is 1170. The maximum absolute atomic E-state index is 13.0. The van der Waals surface area contributed by atoms with E-state index in [2.05, 4.69) is 47.9 Å². The molecular formula is C19H9Br2N3O2. The number of hydrogen-bond acceptors (Lipinski definition) is 5. The summed E-state index contributed by atoms with van der Waals surface area (Å²) in [5.41, 5.74) is 3.25. The van der Waals surface area contributed by atoms with Gasteiger partial charge in [0.15, 0.2) is 11.6 Å². The molecule has 1 aliphatic rings. The fourth-order valence-corrected chi connectivity index (χ4v) is 4.06. The van der Waals surface area contributed by atoms with E-state index in [1.165, 1.54) is 0 Å². The first-order valence-electron chi connectivity index (χ1n) is 7.67. The van der Waals surface area contributed by atoms with Crippen molar-refractivity contribution in [1.29, 1.82) is 5.26 Å². The molecular weight excluding hydrogens is 462 g/mol. The first-order valence-corrected chi connectivity index (χ1v) is 9.92. The topological polar surface area (TPSA) is 83.7 Å². The second-order valence-corrected chi connectivity index (χ2v) is 6.86. The lowest BCUT2D eigenvalue weighted by Gasteiger charge is -2.19. The minimum atomic E-state index is -0.333. The summed E-state index contributed by atoms with van der Waals surface area (Å²) in [4.78, 5) is 35.0. The summed E-state index contributed by atoms with van der Waals surface area (Å²) in [6.45, 7) is 0. The zero-order chi connectivity index (χ0) is 18.4. The summed E-state index contributed by atoms with van der Waals surface area (Å²) in [6.07, 6.45) is 0. The molecule has 26 heavy (non-hydrogen) atoms. The summed E-state index contributed by atoms with van der Waals surface area (Å²) in [7, 11) is 0. The van der Waals surface area contributed by atoms with Crippen LogP contribution in [0.4, 0.5) is 0 Å². The van der Waals surface area contributed by atoms with Crippen molar-refractivity contribution in [3.05, 3.63) is 69.5 Å². The van der Waals surface area contributed by atoms with Gasteiger partial charge < -0.3 is 0 Å². The summed E-state index contributed by atoms with van der Waals surface area (Å²) in [5, 5.41) is 10.7. The maximum atomic E-state index is 13.0. The number of fused-ring (bicyclic) bond motifs is 3. The Kier molecular flexibility index (Phi) is 4.17. The van der Waals surface area contributed by atoms with Crippen LogP contribution in [-0.2, 0) is 10.7 Å². The van der Waals surface area contributed by atoms with Gasteiger partial charge >= 0.3 is 0 Å². The van der Waals surface area contributed by atoms with E-state index in [9.17, 15) is 14.9 Å². The molecule has 4 rings (SSSR count). The molecule has 126 valence electrons. The number of aromatic nitrogens is 2. The molecule has 3 aromatic rings. The van der Waals surface area contributed by atoms with Gasteiger partial charge in [-0.05, 0) is 6.07 Å². The number of alkyl halides is 2. The average molecular weight is 471 g/mol. The number of hydrogen-bond donors (Lipinski definition) is 0. The molecule has 0 bridgehead atoms. The van der Waals surface area contributed by atoms with Crippen LogP contribution >= 0.6 is 31.9 Å². The zero-order valence-electron chi connectivity index (χ0n) is 13.2. The molecule has 7 heteroatoms. The van der Waals surface area contributed by atoms with Crippen molar-refractivity contribution >= 4 is 54.5 Å². The Hall–Kier alpha value is -2.43. The second kappa shape index (κ2) is 6.38. The van der Waals surface area contributed by atoms with Gasteiger partial charge in [-0.2, -0.15) is 5.26 Å². The molecule has 0 aliphatic heterocycles. The summed E-state index contributed by atoms with van der Waals surface area (Å²) < 4.78 is 0. The van der Waals surface area contributed by atoms with Crippen LogP contribution in [-0.4, -0.2) is 21.5 Å². The highest BCUT2D eigenvalue weighted by Crippen LogP contribution is 2.33. The Morgan fingerprint density at radius 1 is 0.923 bits per heavy atom. The number of benzene rings is 2. The lowest BCUT2D eigenvalue weighted by atomic mass is 9.81. The number of halogens is 2. The van der Waals surface area contributed by atoms with Crippen molar-refractivity contribution in [2.24, 2.45) is 0 Å². The number of carbonyl (C=O) groups is 2. The van der Waals surface area contributed by atoms with Gasteiger partial charge in [0.1, 0.15) is 11.6 Å². The molecule has 0 amide bonds. The van der Waals surface area contributed by atoms with Crippen LogP contribution in [0.1, 0.15) is 48.8 Å².